The minimum absolute atomic E-state index is 0.726. The van der Waals surface area contributed by atoms with Gasteiger partial charge in [0.2, 0.25) is 0 Å². The molecule has 2 unspecified atom stereocenters. The fraction of sp³-hybridized carbons (Fsp3) is 0.684. The van der Waals surface area contributed by atoms with Gasteiger partial charge in [0.15, 0.2) is 0 Å². The van der Waals surface area contributed by atoms with Crippen molar-refractivity contribution in [1.82, 2.24) is 5.32 Å². The molecule has 0 spiro atoms. The van der Waals surface area contributed by atoms with Crippen LogP contribution in [0, 0.1) is 11.8 Å². The minimum atomic E-state index is 0.726. The van der Waals surface area contributed by atoms with Crippen LogP contribution in [0.3, 0.4) is 0 Å². The van der Waals surface area contributed by atoms with Gasteiger partial charge in [0.1, 0.15) is 0 Å². The van der Waals surface area contributed by atoms with Crippen LogP contribution in [-0.4, -0.2) is 6.04 Å². The van der Waals surface area contributed by atoms with Gasteiger partial charge in [0, 0.05) is 12.6 Å². The summed E-state index contributed by atoms with van der Waals surface area (Å²) in [5, 5.41) is 3.77. The number of benzene rings is 1. The van der Waals surface area contributed by atoms with Crippen molar-refractivity contribution >= 4 is 0 Å². The Morgan fingerprint density at radius 1 is 1.00 bits per heavy atom. The van der Waals surface area contributed by atoms with E-state index in [4.69, 9.17) is 0 Å². The molecule has 2 atom stereocenters. The predicted octanol–water partition coefficient (Wildman–Crippen LogP) is 4.94. The van der Waals surface area contributed by atoms with Gasteiger partial charge >= 0.3 is 0 Å². The van der Waals surface area contributed by atoms with Gasteiger partial charge in [-0.2, -0.15) is 0 Å². The lowest BCUT2D eigenvalue weighted by atomic mass is 9.89. The molecule has 1 nitrogen and oxygen atoms in total. The molecule has 0 heterocycles. The molecular formula is C19H31N. The largest absolute Gasteiger partial charge is 0.310 e. The third-order valence-electron chi connectivity index (χ3n) is 4.98. The van der Waals surface area contributed by atoms with Crippen LogP contribution in [0.25, 0.3) is 0 Å². The predicted molar refractivity (Wildman–Crippen MR) is 87.9 cm³/mol. The van der Waals surface area contributed by atoms with Gasteiger partial charge in [0.25, 0.3) is 0 Å². The lowest BCUT2D eigenvalue weighted by Gasteiger charge is -2.19. The van der Waals surface area contributed by atoms with Crippen molar-refractivity contribution in [1.29, 1.82) is 0 Å². The molecular weight excluding hydrogens is 242 g/mol. The molecule has 1 aliphatic rings. The van der Waals surface area contributed by atoms with Gasteiger partial charge in [-0.05, 0) is 48.6 Å². The summed E-state index contributed by atoms with van der Waals surface area (Å²) < 4.78 is 0. The first-order valence-electron chi connectivity index (χ1n) is 8.50. The molecule has 20 heavy (non-hydrogen) atoms. The molecule has 1 saturated carbocycles. The molecule has 0 amide bonds. The third kappa shape index (κ3) is 4.63. The highest BCUT2D eigenvalue weighted by atomic mass is 14.9. The van der Waals surface area contributed by atoms with E-state index in [1.54, 1.807) is 0 Å². The summed E-state index contributed by atoms with van der Waals surface area (Å²) in [4.78, 5) is 0. The molecule has 0 saturated heterocycles. The molecule has 0 bridgehead atoms. The van der Waals surface area contributed by atoms with Gasteiger partial charge in [-0.1, -0.05) is 57.9 Å². The maximum atomic E-state index is 3.77. The molecule has 0 radical (unpaired) electrons. The molecule has 2 rings (SSSR count). The lowest BCUT2D eigenvalue weighted by Crippen LogP contribution is -2.28. The van der Waals surface area contributed by atoms with E-state index in [9.17, 15) is 0 Å². The summed E-state index contributed by atoms with van der Waals surface area (Å²) in [7, 11) is 0. The zero-order valence-electron chi connectivity index (χ0n) is 13.5. The molecule has 0 aromatic heterocycles. The van der Waals surface area contributed by atoms with Crippen molar-refractivity contribution in [2.45, 2.75) is 71.9 Å². The Labute approximate surface area is 125 Å². The Hall–Kier alpha value is -0.820. The summed E-state index contributed by atoms with van der Waals surface area (Å²) in [5.41, 5.74) is 2.86. The fourth-order valence-electron chi connectivity index (χ4n) is 3.36. The van der Waals surface area contributed by atoms with E-state index in [0.717, 1.165) is 30.8 Å². The van der Waals surface area contributed by atoms with Gasteiger partial charge in [-0.15, -0.1) is 0 Å². The molecule has 1 heteroatoms. The van der Waals surface area contributed by atoms with E-state index in [2.05, 4.69) is 50.4 Å². The zero-order chi connectivity index (χ0) is 14.4. The van der Waals surface area contributed by atoms with Crippen LogP contribution in [0.1, 0.15) is 64.0 Å². The van der Waals surface area contributed by atoms with Gasteiger partial charge < -0.3 is 5.32 Å². The van der Waals surface area contributed by atoms with Gasteiger partial charge in [-0.3, -0.25) is 0 Å². The van der Waals surface area contributed by atoms with Crippen LogP contribution < -0.4 is 5.32 Å². The number of nitrogens with one attached hydrogen (secondary N) is 1. The Bertz CT molecular complexity index is 379. The van der Waals surface area contributed by atoms with Crippen LogP contribution in [0.2, 0.25) is 0 Å². The van der Waals surface area contributed by atoms with Gasteiger partial charge in [-0.25, -0.2) is 0 Å². The number of hydrogen-bond donors (Lipinski definition) is 1. The highest BCUT2D eigenvalue weighted by Crippen LogP contribution is 2.28. The first-order chi connectivity index (χ1) is 9.69. The molecule has 0 aliphatic heterocycles. The summed E-state index contributed by atoms with van der Waals surface area (Å²) >= 11 is 0. The smallest absolute Gasteiger partial charge is 0.0208 e. The first kappa shape index (κ1) is 15.6. The van der Waals surface area contributed by atoms with Gasteiger partial charge in [0.05, 0.1) is 0 Å². The van der Waals surface area contributed by atoms with Crippen molar-refractivity contribution in [3.8, 4) is 0 Å². The van der Waals surface area contributed by atoms with Crippen molar-refractivity contribution in [2.75, 3.05) is 0 Å². The Balaban J connectivity index is 1.78. The summed E-state index contributed by atoms with van der Waals surface area (Å²) in [6.07, 6.45) is 8.08. The summed E-state index contributed by atoms with van der Waals surface area (Å²) in [6, 6.07) is 9.81. The second kappa shape index (κ2) is 7.83. The maximum absolute atomic E-state index is 3.77. The third-order valence-corrected chi connectivity index (χ3v) is 4.98. The van der Waals surface area contributed by atoms with E-state index in [0.29, 0.717) is 0 Å². The number of aryl methyl sites for hydroxylation is 1. The zero-order valence-corrected chi connectivity index (χ0v) is 13.5. The van der Waals surface area contributed by atoms with Crippen molar-refractivity contribution in [2.24, 2.45) is 11.8 Å². The Morgan fingerprint density at radius 2 is 1.70 bits per heavy atom. The molecule has 1 N–H and O–H groups in total. The van der Waals surface area contributed by atoms with Crippen molar-refractivity contribution < 1.29 is 0 Å². The highest BCUT2D eigenvalue weighted by Gasteiger charge is 2.20. The van der Waals surface area contributed by atoms with E-state index in [-0.39, 0.29) is 0 Å². The topological polar surface area (TPSA) is 12.0 Å². The number of rotatable bonds is 5. The molecule has 1 aromatic rings. The Kier molecular flexibility index (Phi) is 6.09. The molecule has 112 valence electrons. The normalized spacial score (nSPS) is 23.8. The second-order valence-electron chi connectivity index (χ2n) is 6.76. The maximum Gasteiger partial charge on any atom is 0.0208 e. The summed E-state index contributed by atoms with van der Waals surface area (Å²) in [6.45, 7) is 8.01. The van der Waals surface area contributed by atoms with Crippen molar-refractivity contribution in [3.05, 3.63) is 35.4 Å². The van der Waals surface area contributed by atoms with E-state index < -0.39 is 0 Å². The standard InChI is InChI=1S/C19H31N/c1-4-16-8-10-17(11-9-16)14-20-19-7-5-6-18(12-13-19)15(2)3/h8-11,15,18-20H,4-7,12-14H2,1-3H3. The monoisotopic (exact) mass is 273 g/mol. The second-order valence-corrected chi connectivity index (χ2v) is 6.76. The molecule has 1 aliphatic carbocycles. The van der Waals surface area contributed by atoms with E-state index in [1.165, 1.54) is 43.2 Å². The fourth-order valence-corrected chi connectivity index (χ4v) is 3.36. The Morgan fingerprint density at radius 3 is 2.35 bits per heavy atom. The average Bonchev–Trinajstić information content (AvgIpc) is 2.71. The van der Waals surface area contributed by atoms with Crippen LogP contribution in [0.15, 0.2) is 24.3 Å². The SMILES string of the molecule is CCc1ccc(CNC2CCCC(C(C)C)CC2)cc1. The quantitative estimate of drug-likeness (QED) is 0.749. The molecule has 1 aromatic carbocycles. The van der Waals surface area contributed by atoms with Crippen LogP contribution >= 0.6 is 0 Å². The molecule has 1 fully saturated rings. The van der Waals surface area contributed by atoms with E-state index in [1.807, 2.05) is 0 Å². The average molecular weight is 273 g/mol. The van der Waals surface area contributed by atoms with Crippen LogP contribution in [-0.2, 0) is 13.0 Å². The van der Waals surface area contributed by atoms with E-state index >= 15 is 0 Å². The highest BCUT2D eigenvalue weighted by molar-refractivity contribution is 5.22. The van der Waals surface area contributed by atoms with Crippen LogP contribution in [0.4, 0.5) is 0 Å². The minimum Gasteiger partial charge on any atom is -0.310 e. The van der Waals surface area contributed by atoms with Crippen LogP contribution in [0.5, 0.6) is 0 Å². The first-order valence-corrected chi connectivity index (χ1v) is 8.50. The lowest BCUT2D eigenvalue weighted by molar-refractivity contribution is 0.337. The number of hydrogen-bond acceptors (Lipinski definition) is 1. The van der Waals surface area contributed by atoms with Crippen molar-refractivity contribution in [3.63, 3.8) is 0 Å². The summed E-state index contributed by atoms with van der Waals surface area (Å²) in [5.74, 6) is 1.81.